The Kier molecular flexibility index (Phi) is 5.33. The highest BCUT2D eigenvalue weighted by Gasteiger charge is 2.21. The third-order valence-corrected chi connectivity index (χ3v) is 4.78. The van der Waals surface area contributed by atoms with Gasteiger partial charge in [0.15, 0.2) is 0 Å². The maximum atomic E-state index is 14.0. The Bertz CT molecular complexity index is 1000. The molecule has 0 radical (unpaired) electrons. The maximum absolute atomic E-state index is 14.0. The number of aromatic nitrogens is 2. The number of para-hydroxylation sites is 2. The molecule has 0 bridgehead atoms. The Morgan fingerprint density at radius 3 is 2.07 bits per heavy atom. The summed E-state index contributed by atoms with van der Waals surface area (Å²) >= 11 is 0. The zero-order valence-electron chi connectivity index (χ0n) is 15.6. The summed E-state index contributed by atoms with van der Waals surface area (Å²) in [6, 6.07) is 12.7. The number of halogens is 2. The molecule has 2 aromatic carbocycles. The first-order valence-corrected chi connectivity index (χ1v) is 9.24. The maximum Gasteiger partial charge on any atom is 0.258 e. The van der Waals surface area contributed by atoms with E-state index in [0.29, 0.717) is 37.8 Å². The average molecular weight is 395 g/mol. The molecule has 6 nitrogen and oxygen atoms in total. The zero-order chi connectivity index (χ0) is 20.2. The molecule has 1 aliphatic heterocycles. The van der Waals surface area contributed by atoms with Crippen molar-refractivity contribution in [2.24, 2.45) is 0 Å². The molecule has 1 aromatic heterocycles. The number of hydrogen-bond donors (Lipinski definition) is 1. The summed E-state index contributed by atoms with van der Waals surface area (Å²) in [7, 11) is 0. The van der Waals surface area contributed by atoms with Gasteiger partial charge in [0.25, 0.3) is 5.91 Å². The molecule has 1 N–H and O–H groups in total. The van der Waals surface area contributed by atoms with Gasteiger partial charge in [-0.1, -0.05) is 24.3 Å². The Morgan fingerprint density at radius 1 is 0.828 bits per heavy atom. The van der Waals surface area contributed by atoms with E-state index < -0.39 is 11.7 Å². The van der Waals surface area contributed by atoms with Crippen LogP contribution in [-0.4, -0.2) is 42.1 Å². The Hall–Kier alpha value is -3.55. The topological polar surface area (TPSA) is 61.4 Å². The van der Waals surface area contributed by atoms with E-state index in [1.54, 1.807) is 24.3 Å². The fourth-order valence-corrected chi connectivity index (χ4v) is 3.21. The molecule has 0 spiro atoms. The minimum Gasteiger partial charge on any atom is -0.366 e. The number of benzene rings is 2. The Balaban J connectivity index is 1.38. The van der Waals surface area contributed by atoms with Crippen LogP contribution in [0.5, 0.6) is 0 Å². The smallest absolute Gasteiger partial charge is 0.258 e. The molecule has 29 heavy (non-hydrogen) atoms. The van der Waals surface area contributed by atoms with Crippen molar-refractivity contribution in [2.45, 2.75) is 0 Å². The van der Waals surface area contributed by atoms with Gasteiger partial charge in [0.1, 0.15) is 11.6 Å². The van der Waals surface area contributed by atoms with Crippen LogP contribution < -0.4 is 15.1 Å². The Morgan fingerprint density at radius 2 is 1.41 bits per heavy atom. The number of nitrogens with one attached hydrogen (secondary N) is 1. The van der Waals surface area contributed by atoms with Gasteiger partial charge in [-0.15, -0.1) is 0 Å². The molecular weight excluding hydrogens is 376 g/mol. The van der Waals surface area contributed by atoms with Gasteiger partial charge in [-0.3, -0.25) is 4.79 Å². The van der Waals surface area contributed by atoms with Crippen LogP contribution in [0.3, 0.4) is 0 Å². The van der Waals surface area contributed by atoms with Crippen LogP contribution in [0.4, 0.5) is 26.1 Å². The summed E-state index contributed by atoms with van der Waals surface area (Å²) in [5, 5.41) is 2.51. The van der Waals surface area contributed by atoms with Crippen LogP contribution in [0.2, 0.25) is 0 Å². The second-order valence-corrected chi connectivity index (χ2v) is 6.63. The van der Waals surface area contributed by atoms with E-state index >= 15 is 0 Å². The van der Waals surface area contributed by atoms with Crippen LogP contribution in [0.25, 0.3) is 0 Å². The van der Waals surface area contributed by atoms with Gasteiger partial charge >= 0.3 is 0 Å². The Labute approximate surface area is 166 Å². The van der Waals surface area contributed by atoms with E-state index in [9.17, 15) is 13.6 Å². The predicted octanol–water partition coefficient (Wildman–Crippen LogP) is 3.33. The van der Waals surface area contributed by atoms with E-state index in [2.05, 4.69) is 15.3 Å². The van der Waals surface area contributed by atoms with Crippen molar-refractivity contribution in [3.63, 3.8) is 0 Å². The first-order valence-electron chi connectivity index (χ1n) is 9.24. The minimum atomic E-state index is -0.508. The summed E-state index contributed by atoms with van der Waals surface area (Å²) in [5.41, 5.74) is 0.932. The highest BCUT2D eigenvalue weighted by Crippen LogP contribution is 2.21. The average Bonchev–Trinajstić information content (AvgIpc) is 2.76. The first kappa shape index (κ1) is 18.8. The van der Waals surface area contributed by atoms with Gasteiger partial charge < -0.3 is 15.1 Å². The van der Waals surface area contributed by atoms with Crippen molar-refractivity contribution in [1.29, 1.82) is 0 Å². The van der Waals surface area contributed by atoms with Gasteiger partial charge in [-0.25, -0.2) is 18.7 Å². The molecular formula is C21H19F2N5O. The fraction of sp³-hybridized carbons (Fsp3) is 0.190. The lowest BCUT2D eigenvalue weighted by Gasteiger charge is -2.36. The SMILES string of the molecule is O=C(Nc1ccccc1F)c1cnc(N2CCN(c3ccccc3F)CC2)nc1. The number of carbonyl (C=O) groups is 1. The van der Waals surface area contributed by atoms with Crippen molar-refractivity contribution in [1.82, 2.24) is 9.97 Å². The lowest BCUT2D eigenvalue weighted by atomic mass is 10.2. The second-order valence-electron chi connectivity index (χ2n) is 6.63. The lowest BCUT2D eigenvalue weighted by molar-refractivity contribution is 0.102. The second kappa shape index (κ2) is 8.22. The molecule has 0 aliphatic carbocycles. The highest BCUT2D eigenvalue weighted by atomic mass is 19.1. The van der Waals surface area contributed by atoms with Crippen LogP contribution in [0.1, 0.15) is 10.4 Å². The van der Waals surface area contributed by atoms with E-state index in [1.807, 2.05) is 15.9 Å². The summed E-state index contributed by atoms with van der Waals surface area (Å²) in [5.74, 6) is -0.722. The van der Waals surface area contributed by atoms with Crippen molar-refractivity contribution in [3.05, 3.63) is 78.1 Å². The molecule has 1 amide bonds. The molecule has 0 atom stereocenters. The van der Waals surface area contributed by atoms with Crippen LogP contribution in [0, 0.1) is 11.6 Å². The number of piperazine rings is 1. The van der Waals surface area contributed by atoms with Crippen LogP contribution in [-0.2, 0) is 0 Å². The third-order valence-electron chi connectivity index (χ3n) is 4.78. The first-order chi connectivity index (χ1) is 14.1. The van der Waals surface area contributed by atoms with Crippen molar-refractivity contribution in [2.75, 3.05) is 41.3 Å². The fourth-order valence-electron chi connectivity index (χ4n) is 3.21. The quantitative estimate of drug-likeness (QED) is 0.734. The predicted molar refractivity (Wildman–Crippen MR) is 107 cm³/mol. The number of amides is 1. The highest BCUT2D eigenvalue weighted by molar-refractivity contribution is 6.03. The number of carbonyl (C=O) groups excluding carboxylic acids is 1. The molecule has 8 heteroatoms. The normalized spacial score (nSPS) is 14.0. The minimum absolute atomic E-state index is 0.103. The molecule has 3 aromatic rings. The van der Waals surface area contributed by atoms with Gasteiger partial charge in [0, 0.05) is 38.6 Å². The summed E-state index contributed by atoms with van der Waals surface area (Å²) < 4.78 is 27.6. The van der Waals surface area contributed by atoms with Crippen LogP contribution in [0.15, 0.2) is 60.9 Å². The molecule has 0 saturated carbocycles. The van der Waals surface area contributed by atoms with Gasteiger partial charge in [0.2, 0.25) is 5.95 Å². The molecule has 1 saturated heterocycles. The van der Waals surface area contributed by atoms with Crippen LogP contribution >= 0.6 is 0 Å². The molecule has 1 fully saturated rings. The molecule has 2 heterocycles. The largest absolute Gasteiger partial charge is 0.366 e. The van der Waals surface area contributed by atoms with E-state index in [1.165, 1.54) is 30.6 Å². The molecule has 4 rings (SSSR count). The number of rotatable bonds is 4. The van der Waals surface area contributed by atoms with E-state index in [0.717, 1.165) is 0 Å². The van der Waals surface area contributed by atoms with Gasteiger partial charge in [0.05, 0.1) is 16.9 Å². The van der Waals surface area contributed by atoms with Gasteiger partial charge in [-0.05, 0) is 24.3 Å². The monoisotopic (exact) mass is 395 g/mol. The third kappa shape index (κ3) is 4.16. The molecule has 1 aliphatic rings. The number of hydrogen-bond acceptors (Lipinski definition) is 5. The molecule has 148 valence electrons. The zero-order valence-corrected chi connectivity index (χ0v) is 15.6. The van der Waals surface area contributed by atoms with Crippen molar-refractivity contribution >= 4 is 23.2 Å². The summed E-state index contributed by atoms with van der Waals surface area (Å²) in [6.45, 7) is 2.55. The summed E-state index contributed by atoms with van der Waals surface area (Å²) in [6.07, 6.45) is 2.84. The number of nitrogens with zero attached hydrogens (tertiary/aromatic N) is 4. The summed E-state index contributed by atoms with van der Waals surface area (Å²) in [4.78, 5) is 24.8. The van der Waals surface area contributed by atoms with Crippen molar-refractivity contribution < 1.29 is 13.6 Å². The number of anilines is 3. The van der Waals surface area contributed by atoms with Crippen molar-refractivity contribution in [3.8, 4) is 0 Å². The standard InChI is InChI=1S/C21H19F2N5O/c22-16-5-1-3-7-18(16)26-20(29)15-13-24-21(25-14-15)28-11-9-27(10-12-28)19-8-4-2-6-17(19)23/h1-8,13-14H,9-12H2,(H,26,29). The van der Waals surface area contributed by atoms with E-state index in [-0.39, 0.29) is 17.1 Å². The van der Waals surface area contributed by atoms with E-state index in [4.69, 9.17) is 0 Å². The lowest BCUT2D eigenvalue weighted by Crippen LogP contribution is -2.47. The molecule has 0 unspecified atom stereocenters. The van der Waals surface area contributed by atoms with Gasteiger partial charge in [-0.2, -0.15) is 0 Å².